The maximum atomic E-state index is 10.4. The molecule has 102 valence electrons. The second-order valence-electron chi connectivity index (χ2n) is 4.22. The topological polar surface area (TPSA) is 113 Å². The van der Waals surface area contributed by atoms with Crippen LogP contribution in [-0.2, 0) is 30.7 Å². The van der Waals surface area contributed by atoms with Crippen molar-refractivity contribution >= 4 is 11.9 Å². The zero-order chi connectivity index (χ0) is 12.2. The molecule has 1 saturated heterocycles. The van der Waals surface area contributed by atoms with E-state index in [1.807, 2.05) is 0 Å². The maximum Gasteiger partial charge on any atom is 0.321 e. The standard InChI is InChI=1S/C6H8O4.C4H10N2.Pt/c7-4(8)6(5(9)10)2-1-3-6;5-3-4-1-2-6-4;/h1-3H2,(H,7,8)(H,9,10);4,6H,1-3,5H2;. The first kappa shape index (κ1) is 16.5. The molecule has 5 N–H and O–H groups in total. The van der Waals surface area contributed by atoms with Crippen LogP contribution in [0.1, 0.15) is 25.7 Å². The number of carboxylic acids is 2. The van der Waals surface area contributed by atoms with Crippen LogP contribution in [0.3, 0.4) is 0 Å². The molecule has 17 heavy (non-hydrogen) atoms. The van der Waals surface area contributed by atoms with Gasteiger partial charge in [-0.1, -0.05) is 0 Å². The van der Waals surface area contributed by atoms with Gasteiger partial charge < -0.3 is 21.3 Å². The minimum absolute atomic E-state index is 0. The molecule has 0 aromatic heterocycles. The van der Waals surface area contributed by atoms with Gasteiger partial charge in [0.15, 0.2) is 5.41 Å². The number of aliphatic carboxylic acids is 2. The Morgan fingerprint density at radius 3 is 1.76 bits per heavy atom. The molecule has 1 aliphatic carbocycles. The largest absolute Gasteiger partial charge is 0.480 e. The van der Waals surface area contributed by atoms with Gasteiger partial charge in [-0.3, -0.25) is 9.59 Å². The summed E-state index contributed by atoms with van der Waals surface area (Å²) in [7, 11) is 0. The number of carbonyl (C=O) groups is 2. The van der Waals surface area contributed by atoms with Gasteiger partial charge in [-0.05, 0) is 32.2 Å². The molecule has 0 aromatic carbocycles. The molecule has 2 aliphatic rings. The fourth-order valence-corrected chi connectivity index (χ4v) is 1.60. The number of rotatable bonds is 3. The van der Waals surface area contributed by atoms with E-state index >= 15 is 0 Å². The normalized spacial score (nSPS) is 23.9. The molecular formula is C10H18N2O4Pt. The maximum absolute atomic E-state index is 10.4. The minimum Gasteiger partial charge on any atom is -0.480 e. The molecule has 0 amide bonds. The minimum atomic E-state index is -1.44. The van der Waals surface area contributed by atoms with Gasteiger partial charge in [0.2, 0.25) is 0 Å². The first-order chi connectivity index (χ1) is 7.53. The van der Waals surface area contributed by atoms with Crippen molar-refractivity contribution in [2.45, 2.75) is 31.7 Å². The van der Waals surface area contributed by atoms with Crippen LogP contribution in [0.4, 0.5) is 0 Å². The molecule has 0 bridgehead atoms. The molecule has 0 spiro atoms. The summed E-state index contributed by atoms with van der Waals surface area (Å²) in [5.41, 5.74) is 3.83. The van der Waals surface area contributed by atoms with E-state index in [2.05, 4.69) is 5.32 Å². The summed E-state index contributed by atoms with van der Waals surface area (Å²) in [5.74, 6) is -2.41. The predicted octanol–water partition coefficient (Wildman–Crippen LogP) is -0.370. The molecule has 1 heterocycles. The van der Waals surface area contributed by atoms with Gasteiger partial charge in [-0.25, -0.2) is 0 Å². The molecular weight excluding hydrogens is 407 g/mol. The van der Waals surface area contributed by atoms with Crippen molar-refractivity contribution in [1.29, 1.82) is 0 Å². The van der Waals surface area contributed by atoms with E-state index in [-0.39, 0.29) is 33.9 Å². The molecule has 6 nitrogen and oxygen atoms in total. The molecule has 0 aromatic rings. The zero-order valence-electron chi connectivity index (χ0n) is 9.42. The Labute approximate surface area is 114 Å². The molecule has 1 unspecified atom stereocenters. The Morgan fingerprint density at radius 2 is 1.76 bits per heavy atom. The van der Waals surface area contributed by atoms with Crippen molar-refractivity contribution in [2.24, 2.45) is 11.1 Å². The summed E-state index contributed by atoms with van der Waals surface area (Å²) in [5, 5.41) is 20.1. The smallest absolute Gasteiger partial charge is 0.321 e. The van der Waals surface area contributed by atoms with Crippen LogP contribution in [0.15, 0.2) is 0 Å². The summed E-state index contributed by atoms with van der Waals surface area (Å²) < 4.78 is 0. The van der Waals surface area contributed by atoms with Gasteiger partial charge in [0.05, 0.1) is 0 Å². The second-order valence-corrected chi connectivity index (χ2v) is 4.22. The fraction of sp³-hybridized carbons (Fsp3) is 0.800. The van der Waals surface area contributed by atoms with Gasteiger partial charge in [-0.15, -0.1) is 0 Å². The summed E-state index contributed by atoms with van der Waals surface area (Å²) >= 11 is 0. The average molecular weight is 425 g/mol. The van der Waals surface area contributed by atoms with Gasteiger partial charge in [-0.2, -0.15) is 0 Å². The molecule has 2 rings (SSSR count). The Hall–Kier alpha value is -0.452. The summed E-state index contributed by atoms with van der Waals surface area (Å²) in [4.78, 5) is 20.7. The first-order valence-electron chi connectivity index (χ1n) is 5.43. The Morgan fingerprint density at radius 1 is 1.29 bits per heavy atom. The third kappa shape index (κ3) is 3.76. The predicted molar refractivity (Wildman–Crippen MR) is 57.0 cm³/mol. The van der Waals surface area contributed by atoms with E-state index in [9.17, 15) is 9.59 Å². The van der Waals surface area contributed by atoms with Crippen molar-refractivity contribution in [3.8, 4) is 0 Å². The summed E-state index contributed by atoms with van der Waals surface area (Å²) in [6, 6.07) is 0.644. The van der Waals surface area contributed by atoms with E-state index < -0.39 is 17.4 Å². The molecule has 1 saturated carbocycles. The van der Waals surface area contributed by atoms with Crippen molar-refractivity contribution < 1.29 is 40.9 Å². The van der Waals surface area contributed by atoms with Gasteiger partial charge in [0.25, 0.3) is 0 Å². The second kappa shape index (κ2) is 7.09. The number of hydrogen-bond donors (Lipinski definition) is 4. The van der Waals surface area contributed by atoms with Gasteiger partial charge >= 0.3 is 11.9 Å². The number of nitrogens with one attached hydrogen (secondary N) is 1. The molecule has 0 radical (unpaired) electrons. The Bertz CT molecular complexity index is 259. The average Bonchev–Trinajstić information content (AvgIpc) is 1.98. The van der Waals surface area contributed by atoms with Crippen molar-refractivity contribution in [1.82, 2.24) is 5.32 Å². The van der Waals surface area contributed by atoms with Gasteiger partial charge in [0.1, 0.15) is 0 Å². The number of hydrogen-bond acceptors (Lipinski definition) is 4. The SMILES string of the molecule is NCC1CCN1.O=C(O)C1(C(=O)O)CCC1.[Pt]. The van der Waals surface area contributed by atoms with E-state index in [4.69, 9.17) is 15.9 Å². The van der Waals surface area contributed by atoms with E-state index in [0.29, 0.717) is 12.5 Å². The molecule has 2 fully saturated rings. The number of nitrogens with two attached hydrogens (primary N) is 1. The Balaban J connectivity index is 0.000000316. The van der Waals surface area contributed by atoms with E-state index in [0.717, 1.165) is 6.54 Å². The van der Waals surface area contributed by atoms with Crippen LogP contribution in [0.2, 0.25) is 0 Å². The molecule has 1 atom stereocenters. The summed E-state index contributed by atoms with van der Waals surface area (Å²) in [6.45, 7) is 1.97. The third-order valence-electron chi connectivity index (χ3n) is 3.24. The van der Waals surface area contributed by atoms with Crippen molar-refractivity contribution in [2.75, 3.05) is 13.1 Å². The van der Waals surface area contributed by atoms with Crippen molar-refractivity contribution in [3.63, 3.8) is 0 Å². The van der Waals surface area contributed by atoms with Gasteiger partial charge in [0, 0.05) is 33.7 Å². The first-order valence-corrected chi connectivity index (χ1v) is 5.43. The van der Waals surface area contributed by atoms with Crippen LogP contribution in [0.25, 0.3) is 0 Å². The van der Waals surface area contributed by atoms with E-state index in [1.54, 1.807) is 0 Å². The quantitative estimate of drug-likeness (QED) is 0.459. The molecule has 1 aliphatic heterocycles. The van der Waals surface area contributed by atoms with Crippen LogP contribution in [-0.4, -0.2) is 41.3 Å². The van der Waals surface area contributed by atoms with Crippen LogP contribution in [0.5, 0.6) is 0 Å². The number of carboxylic acid groups (broad SMARTS) is 2. The van der Waals surface area contributed by atoms with Crippen LogP contribution in [0, 0.1) is 5.41 Å². The Kier molecular flexibility index (Phi) is 6.90. The van der Waals surface area contributed by atoms with Crippen LogP contribution >= 0.6 is 0 Å². The van der Waals surface area contributed by atoms with E-state index in [1.165, 1.54) is 13.0 Å². The fourth-order valence-electron chi connectivity index (χ4n) is 1.60. The third-order valence-corrected chi connectivity index (χ3v) is 3.24. The van der Waals surface area contributed by atoms with Crippen LogP contribution < -0.4 is 11.1 Å². The van der Waals surface area contributed by atoms with Crippen molar-refractivity contribution in [3.05, 3.63) is 0 Å². The zero-order valence-corrected chi connectivity index (χ0v) is 11.7. The monoisotopic (exact) mass is 425 g/mol. The summed E-state index contributed by atoms with van der Waals surface area (Å²) in [6.07, 6.45) is 2.53. The molecule has 7 heteroatoms.